The highest BCUT2D eigenvalue weighted by atomic mass is 16.1. The molecule has 1 aliphatic heterocycles. The molecule has 0 aliphatic carbocycles. The molecule has 1 heterocycles. The smallest absolute Gasteiger partial charge is 0.150 e. The predicted molar refractivity (Wildman–Crippen MR) is 70.4 cm³/mol. The van der Waals surface area contributed by atoms with E-state index in [1.807, 2.05) is 18.2 Å². The average molecular weight is 231 g/mol. The van der Waals surface area contributed by atoms with Crippen molar-refractivity contribution >= 4 is 6.29 Å². The molecule has 1 aromatic carbocycles. The summed E-state index contributed by atoms with van der Waals surface area (Å²) in [5.41, 5.74) is 2.04. The van der Waals surface area contributed by atoms with Crippen LogP contribution in [0.25, 0.3) is 0 Å². The number of likely N-dealkylation sites (tertiary alicyclic amines) is 1. The zero-order valence-electron chi connectivity index (χ0n) is 10.4. The van der Waals surface area contributed by atoms with Gasteiger partial charge in [-0.1, -0.05) is 37.1 Å². The summed E-state index contributed by atoms with van der Waals surface area (Å²) in [7, 11) is 0. The van der Waals surface area contributed by atoms with Crippen LogP contribution in [0.2, 0.25) is 0 Å². The number of benzene rings is 1. The van der Waals surface area contributed by atoms with Crippen LogP contribution in [0.5, 0.6) is 0 Å². The van der Waals surface area contributed by atoms with Gasteiger partial charge in [0.25, 0.3) is 0 Å². The third kappa shape index (κ3) is 3.67. The summed E-state index contributed by atoms with van der Waals surface area (Å²) in [6.45, 7) is 3.54. The van der Waals surface area contributed by atoms with Crippen LogP contribution in [-0.4, -0.2) is 30.8 Å². The van der Waals surface area contributed by atoms with Gasteiger partial charge >= 0.3 is 0 Å². The van der Waals surface area contributed by atoms with Crippen molar-refractivity contribution in [1.29, 1.82) is 0 Å². The Balaban J connectivity index is 1.89. The van der Waals surface area contributed by atoms with E-state index in [9.17, 15) is 4.79 Å². The van der Waals surface area contributed by atoms with Crippen LogP contribution in [0.15, 0.2) is 24.3 Å². The molecule has 0 unspecified atom stereocenters. The lowest BCUT2D eigenvalue weighted by molar-refractivity contribution is 0.112. The molecular formula is C15H21NO. The lowest BCUT2D eigenvalue weighted by Crippen LogP contribution is -2.27. The minimum Gasteiger partial charge on any atom is -0.303 e. The van der Waals surface area contributed by atoms with E-state index in [0.717, 1.165) is 24.8 Å². The lowest BCUT2D eigenvalue weighted by Gasteiger charge is -2.19. The van der Waals surface area contributed by atoms with E-state index >= 15 is 0 Å². The molecule has 0 amide bonds. The van der Waals surface area contributed by atoms with Crippen LogP contribution in [0.4, 0.5) is 0 Å². The molecule has 1 saturated heterocycles. The lowest BCUT2D eigenvalue weighted by atomic mass is 10.1. The van der Waals surface area contributed by atoms with Gasteiger partial charge in [-0.05, 0) is 37.9 Å². The standard InChI is InChI=1S/C15H21NO/c17-13-15-8-4-3-7-14(15)9-12-16-10-5-1-2-6-11-16/h3-4,7-8,13H,1-2,5-6,9-12H2. The van der Waals surface area contributed by atoms with E-state index in [1.165, 1.54) is 44.3 Å². The number of hydrogen-bond donors (Lipinski definition) is 0. The average Bonchev–Trinajstić information content (AvgIpc) is 2.65. The number of carbonyl (C=O) groups excluding carboxylic acids is 1. The second kappa shape index (κ2) is 6.55. The van der Waals surface area contributed by atoms with Crippen molar-refractivity contribution in [3.8, 4) is 0 Å². The Bertz CT molecular complexity index is 354. The van der Waals surface area contributed by atoms with Crippen molar-refractivity contribution < 1.29 is 4.79 Å². The first-order chi connectivity index (χ1) is 8.40. The Morgan fingerprint density at radius 3 is 2.47 bits per heavy atom. The first kappa shape index (κ1) is 12.3. The van der Waals surface area contributed by atoms with Gasteiger partial charge < -0.3 is 4.90 Å². The topological polar surface area (TPSA) is 20.3 Å². The van der Waals surface area contributed by atoms with E-state index < -0.39 is 0 Å². The normalized spacial score (nSPS) is 17.6. The minimum atomic E-state index is 0.849. The van der Waals surface area contributed by atoms with E-state index in [-0.39, 0.29) is 0 Å². The van der Waals surface area contributed by atoms with Crippen molar-refractivity contribution in [3.63, 3.8) is 0 Å². The molecule has 0 aromatic heterocycles. The monoisotopic (exact) mass is 231 g/mol. The summed E-state index contributed by atoms with van der Waals surface area (Å²) < 4.78 is 0. The largest absolute Gasteiger partial charge is 0.303 e. The van der Waals surface area contributed by atoms with E-state index in [0.29, 0.717) is 0 Å². The van der Waals surface area contributed by atoms with Gasteiger partial charge in [-0.15, -0.1) is 0 Å². The van der Waals surface area contributed by atoms with Crippen molar-refractivity contribution in [2.45, 2.75) is 32.1 Å². The molecule has 2 heteroatoms. The quantitative estimate of drug-likeness (QED) is 0.743. The van der Waals surface area contributed by atoms with Crippen LogP contribution < -0.4 is 0 Å². The van der Waals surface area contributed by atoms with Gasteiger partial charge in [-0.25, -0.2) is 0 Å². The molecule has 2 nitrogen and oxygen atoms in total. The molecule has 0 radical (unpaired) electrons. The van der Waals surface area contributed by atoms with E-state index in [2.05, 4.69) is 11.0 Å². The van der Waals surface area contributed by atoms with Crippen molar-refractivity contribution in [2.24, 2.45) is 0 Å². The molecule has 0 bridgehead atoms. The maximum absolute atomic E-state index is 10.9. The first-order valence-corrected chi connectivity index (χ1v) is 6.65. The first-order valence-electron chi connectivity index (χ1n) is 6.65. The molecule has 0 spiro atoms. The summed E-state index contributed by atoms with van der Waals surface area (Å²) in [5, 5.41) is 0. The SMILES string of the molecule is O=Cc1ccccc1CCN1CCCCCC1. The zero-order valence-corrected chi connectivity index (χ0v) is 10.4. The highest BCUT2D eigenvalue weighted by Gasteiger charge is 2.09. The molecule has 0 N–H and O–H groups in total. The van der Waals surface area contributed by atoms with Gasteiger partial charge in [0, 0.05) is 12.1 Å². The number of nitrogens with zero attached hydrogens (tertiary/aromatic N) is 1. The van der Waals surface area contributed by atoms with Crippen molar-refractivity contribution in [1.82, 2.24) is 4.90 Å². The minimum absolute atomic E-state index is 0.849. The Morgan fingerprint density at radius 1 is 1.06 bits per heavy atom. The Labute approximate surface area is 104 Å². The predicted octanol–water partition coefficient (Wildman–Crippen LogP) is 2.92. The van der Waals surface area contributed by atoms with Crippen molar-refractivity contribution in [3.05, 3.63) is 35.4 Å². The maximum Gasteiger partial charge on any atom is 0.150 e. The van der Waals surface area contributed by atoms with Crippen LogP contribution >= 0.6 is 0 Å². The Morgan fingerprint density at radius 2 is 1.76 bits per heavy atom. The highest BCUT2D eigenvalue weighted by Crippen LogP contribution is 2.12. The van der Waals surface area contributed by atoms with Gasteiger partial charge in [0.15, 0.2) is 0 Å². The molecule has 1 fully saturated rings. The summed E-state index contributed by atoms with van der Waals surface area (Å²) in [6.07, 6.45) is 7.38. The fraction of sp³-hybridized carbons (Fsp3) is 0.533. The molecule has 1 aromatic rings. The van der Waals surface area contributed by atoms with Gasteiger partial charge in [0.05, 0.1) is 0 Å². The fourth-order valence-electron chi connectivity index (χ4n) is 2.52. The molecule has 0 saturated carbocycles. The third-order valence-corrected chi connectivity index (χ3v) is 3.58. The van der Waals surface area contributed by atoms with Crippen LogP contribution in [0.1, 0.15) is 41.6 Å². The molecule has 0 atom stereocenters. The van der Waals surface area contributed by atoms with Gasteiger partial charge in [0.2, 0.25) is 0 Å². The Kier molecular flexibility index (Phi) is 4.75. The summed E-state index contributed by atoms with van der Waals surface area (Å²) >= 11 is 0. The second-order valence-corrected chi connectivity index (χ2v) is 4.82. The second-order valence-electron chi connectivity index (χ2n) is 4.82. The van der Waals surface area contributed by atoms with Crippen LogP contribution in [-0.2, 0) is 6.42 Å². The number of rotatable bonds is 4. The van der Waals surface area contributed by atoms with Gasteiger partial charge in [-0.3, -0.25) is 4.79 Å². The van der Waals surface area contributed by atoms with Crippen LogP contribution in [0, 0.1) is 0 Å². The van der Waals surface area contributed by atoms with E-state index in [1.54, 1.807) is 0 Å². The molecular weight excluding hydrogens is 210 g/mol. The maximum atomic E-state index is 10.9. The van der Waals surface area contributed by atoms with Gasteiger partial charge in [0.1, 0.15) is 6.29 Å². The summed E-state index contributed by atoms with van der Waals surface area (Å²) in [6, 6.07) is 7.93. The highest BCUT2D eigenvalue weighted by molar-refractivity contribution is 5.77. The molecule has 17 heavy (non-hydrogen) atoms. The third-order valence-electron chi connectivity index (χ3n) is 3.58. The van der Waals surface area contributed by atoms with Crippen LogP contribution in [0.3, 0.4) is 0 Å². The fourth-order valence-corrected chi connectivity index (χ4v) is 2.52. The summed E-state index contributed by atoms with van der Waals surface area (Å²) in [5.74, 6) is 0. The zero-order chi connectivity index (χ0) is 11.9. The summed E-state index contributed by atoms with van der Waals surface area (Å²) in [4.78, 5) is 13.5. The molecule has 92 valence electrons. The number of aldehydes is 1. The molecule has 1 aliphatic rings. The number of carbonyl (C=O) groups is 1. The van der Waals surface area contributed by atoms with Gasteiger partial charge in [-0.2, -0.15) is 0 Å². The van der Waals surface area contributed by atoms with E-state index in [4.69, 9.17) is 0 Å². The molecule has 2 rings (SSSR count). The Hall–Kier alpha value is -1.15. The number of hydrogen-bond acceptors (Lipinski definition) is 2. The van der Waals surface area contributed by atoms with Crippen molar-refractivity contribution in [2.75, 3.05) is 19.6 Å².